The fourth-order valence-corrected chi connectivity index (χ4v) is 2.09. The van der Waals surface area contributed by atoms with E-state index in [9.17, 15) is 4.79 Å². The van der Waals surface area contributed by atoms with Gasteiger partial charge in [-0.3, -0.25) is 4.79 Å². The van der Waals surface area contributed by atoms with E-state index in [1.54, 1.807) is 4.68 Å². The largest absolute Gasteiger partial charge is 0.345 e. The maximum absolute atomic E-state index is 12.0. The number of amides is 1. The first-order valence-corrected chi connectivity index (χ1v) is 7.43. The highest BCUT2D eigenvalue weighted by atomic mass is 35.5. The lowest BCUT2D eigenvalue weighted by molar-refractivity contribution is -0.123. The third-order valence-corrected chi connectivity index (χ3v) is 3.43. The monoisotopic (exact) mass is 337 g/mol. The van der Waals surface area contributed by atoms with Gasteiger partial charge in [0.15, 0.2) is 0 Å². The summed E-state index contributed by atoms with van der Waals surface area (Å²) in [4.78, 5) is 12.0. The van der Waals surface area contributed by atoms with E-state index < -0.39 is 5.54 Å². The molecule has 23 heavy (non-hydrogen) atoms. The van der Waals surface area contributed by atoms with Crippen molar-refractivity contribution < 1.29 is 4.79 Å². The van der Waals surface area contributed by atoms with E-state index in [0.717, 1.165) is 5.69 Å². The summed E-state index contributed by atoms with van der Waals surface area (Å²) in [5, 5.41) is 11.3. The lowest BCUT2D eigenvalue weighted by Gasteiger charge is -2.23. The van der Waals surface area contributed by atoms with Crippen LogP contribution in [0.25, 0.3) is 5.69 Å². The van der Waals surface area contributed by atoms with Crippen LogP contribution < -0.4 is 11.1 Å². The second-order valence-electron chi connectivity index (χ2n) is 6.07. The minimum absolute atomic E-state index is 0. The molecule has 1 unspecified atom stereocenters. The summed E-state index contributed by atoms with van der Waals surface area (Å²) in [5.41, 5.74) is 6.74. The number of hydrogen-bond donors (Lipinski definition) is 2. The highest BCUT2D eigenvalue weighted by Gasteiger charge is 2.26. The number of hydrogen-bond acceptors (Lipinski definition) is 4. The Morgan fingerprint density at radius 2 is 2.00 bits per heavy atom. The Hall–Kier alpha value is -1.92. The van der Waals surface area contributed by atoms with Crippen LogP contribution in [-0.2, 0) is 10.3 Å². The molecule has 7 heteroatoms. The molecule has 3 N–H and O–H groups in total. The minimum atomic E-state index is -0.581. The summed E-state index contributed by atoms with van der Waals surface area (Å²) < 4.78 is 1.70. The van der Waals surface area contributed by atoms with Gasteiger partial charge in [-0.15, -0.1) is 17.5 Å². The molecule has 2 rings (SSSR count). The predicted molar refractivity (Wildman–Crippen MR) is 92.7 cm³/mol. The number of carbonyl (C=O) groups excluding carboxylic acids is 1. The minimum Gasteiger partial charge on any atom is -0.345 e. The van der Waals surface area contributed by atoms with Crippen molar-refractivity contribution in [3.8, 4) is 5.69 Å². The van der Waals surface area contributed by atoms with Crippen molar-refractivity contribution in [3.05, 3.63) is 42.2 Å². The van der Waals surface area contributed by atoms with E-state index in [2.05, 4.69) is 15.6 Å². The molecule has 1 aromatic carbocycles. The molecule has 0 aliphatic rings. The van der Waals surface area contributed by atoms with Gasteiger partial charge >= 0.3 is 0 Å². The van der Waals surface area contributed by atoms with Crippen LogP contribution in [0, 0.1) is 0 Å². The Labute approximate surface area is 142 Å². The van der Waals surface area contributed by atoms with Gasteiger partial charge in [0.05, 0.1) is 17.4 Å². The summed E-state index contributed by atoms with van der Waals surface area (Å²) in [6.07, 6.45) is 2.91. The van der Waals surface area contributed by atoms with Gasteiger partial charge in [-0.05, 0) is 39.3 Å². The van der Waals surface area contributed by atoms with Crippen molar-refractivity contribution in [3.63, 3.8) is 0 Å². The highest BCUT2D eigenvalue weighted by Crippen LogP contribution is 2.18. The van der Waals surface area contributed by atoms with Crippen LogP contribution in [-0.4, -0.2) is 26.9 Å². The molecule has 1 atom stereocenters. The van der Waals surface area contributed by atoms with Crippen LogP contribution in [0.5, 0.6) is 0 Å². The fraction of sp³-hybridized carbons (Fsp3) is 0.438. The molecule has 0 aliphatic heterocycles. The molecule has 1 amide bonds. The maximum Gasteiger partial charge on any atom is 0.220 e. The number of nitrogens with zero attached hydrogens (tertiary/aromatic N) is 3. The first kappa shape index (κ1) is 19.1. The van der Waals surface area contributed by atoms with E-state index in [1.165, 1.54) is 0 Å². The summed E-state index contributed by atoms with van der Waals surface area (Å²) in [6.45, 7) is 5.72. The molecule has 126 valence electrons. The number of nitrogens with two attached hydrogens (primary N) is 1. The number of rotatable bonds is 6. The molecule has 0 saturated heterocycles. The van der Waals surface area contributed by atoms with E-state index >= 15 is 0 Å². The van der Waals surface area contributed by atoms with Crippen molar-refractivity contribution in [2.45, 2.75) is 45.2 Å². The summed E-state index contributed by atoms with van der Waals surface area (Å²) in [5.74, 6) is -0.0310. The van der Waals surface area contributed by atoms with Gasteiger partial charge in [-0.2, -0.15) is 0 Å². The van der Waals surface area contributed by atoms with Gasteiger partial charge in [-0.25, -0.2) is 4.68 Å². The smallest absolute Gasteiger partial charge is 0.220 e. The molecule has 0 bridgehead atoms. The van der Waals surface area contributed by atoms with Crippen LogP contribution in [0.3, 0.4) is 0 Å². The maximum atomic E-state index is 12.0. The molecule has 0 fully saturated rings. The average molecular weight is 338 g/mol. The highest BCUT2D eigenvalue weighted by molar-refractivity contribution is 5.85. The second kappa shape index (κ2) is 8.08. The number of benzene rings is 1. The Morgan fingerprint density at radius 3 is 2.61 bits per heavy atom. The number of aromatic nitrogens is 3. The van der Waals surface area contributed by atoms with Gasteiger partial charge in [-0.1, -0.05) is 23.4 Å². The van der Waals surface area contributed by atoms with Crippen LogP contribution >= 0.6 is 12.4 Å². The zero-order valence-electron chi connectivity index (χ0n) is 13.7. The lowest BCUT2D eigenvalue weighted by atomic mass is 10.0. The molecular formula is C16H24ClN5O. The van der Waals surface area contributed by atoms with Crippen LogP contribution in [0.15, 0.2) is 36.5 Å². The number of carbonyl (C=O) groups is 1. The van der Waals surface area contributed by atoms with Gasteiger partial charge in [0, 0.05) is 12.5 Å². The Kier molecular flexibility index (Phi) is 6.72. The number of nitrogens with one attached hydrogen (secondary N) is 1. The van der Waals surface area contributed by atoms with Gasteiger partial charge in [0.25, 0.3) is 0 Å². The van der Waals surface area contributed by atoms with E-state index in [0.29, 0.717) is 18.5 Å². The normalized spacial score (nSPS) is 12.3. The van der Waals surface area contributed by atoms with Gasteiger partial charge in [0.2, 0.25) is 5.91 Å². The first-order chi connectivity index (χ1) is 10.4. The summed E-state index contributed by atoms with van der Waals surface area (Å²) in [6, 6.07) is 9.76. The molecule has 1 heterocycles. The van der Waals surface area contributed by atoms with Crippen LogP contribution in [0.4, 0.5) is 0 Å². The molecule has 2 aromatic rings. The lowest BCUT2D eigenvalue weighted by Crippen LogP contribution is -2.41. The molecule has 0 radical (unpaired) electrons. The number of halogens is 1. The average Bonchev–Trinajstić information content (AvgIpc) is 2.96. The second-order valence-corrected chi connectivity index (χ2v) is 6.07. The molecule has 0 saturated carbocycles. The first-order valence-electron chi connectivity index (χ1n) is 7.43. The zero-order valence-corrected chi connectivity index (χ0v) is 14.5. The molecule has 0 spiro atoms. The summed E-state index contributed by atoms with van der Waals surface area (Å²) >= 11 is 0. The van der Waals surface area contributed by atoms with Crippen LogP contribution in [0.1, 0.15) is 39.3 Å². The van der Waals surface area contributed by atoms with Crippen molar-refractivity contribution in [2.24, 2.45) is 5.73 Å². The van der Waals surface area contributed by atoms with Crippen molar-refractivity contribution in [1.82, 2.24) is 20.3 Å². The molecule has 1 aromatic heterocycles. The standard InChI is InChI=1S/C16H23N5O.ClH/c1-12(17)9-10-15(22)18-16(2,3)14-11-21(20-19-14)13-7-5-4-6-8-13;/h4-8,11-12H,9-10,17H2,1-3H3,(H,18,22);1H. The molecular weight excluding hydrogens is 314 g/mol. The van der Waals surface area contributed by atoms with Crippen molar-refractivity contribution >= 4 is 18.3 Å². The number of para-hydroxylation sites is 1. The predicted octanol–water partition coefficient (Wildman–Crippen LogP) is 2.17. The topological polar surface area (TPSA) is 85.8 Å². The van der Waals surface area contributed by atoms with Crippen molar-refractivity contribution in [1.29, 1.82) is 0 Å². The Balaban J connectivity index is 0.00000264. The molecule has 0 aliphatic carbocycles. The van der Waals surface area contributed by atoms with Gasteiger partial charge in [0.1, 0.15) is 5.69 Å². The third-order valence-electron chi connectivity index (χ3n) is 3.43. The summed E-state index contributed by atoms with van der Waals surface area (Å²) in [7, 11) is 0. The third kappa shape index (κ3) is 5.33. The van der Waals surface area contributed by atoms with E-state index in [4.69, 9.17) is 5.73 Å². The fourth-order valence-electron chi connectivity index (χ4n) is 2.09. The van der Waals surface area contributed by atoms with Crippen LogP contribution in [0.2, 0.25) is 0 Å². The quantitative estimate of drug-likeness (QED) is 0.845. The Bertz CT molecular complexity index is 624. The van der Waals surface area contributed by atoms with E-state index in [1.807, 2.05) is 57.3 Å². The molecule has 6 nitrogen and oxygen atoms in total. The Morgan fingerprint density at radius 1 is 1.35 bits per heavy atom. The zero-order chi connectivity index (χ0) is 16.2. The van der Waals surface area contributed by atoms with Gasteiger partial charge < -0.3 is 11.1 Å². The SMILES string of the molecule is CC(N)CCC(=O)NC(C)(C)c1cn(-c2ccccc2)nn1.Cl. The van der Waals surface area contributed by atoms with Crippen molar-refractivity contribution in [2.75, 3.05) is 0 Å². The van der Waals surface area contributed by atoms with E-state index in [-0.39, 0.29) is 24.4 Å².